The summed E-state index contributed by atoms with van der Waals surface area (Å²) in [6.07, 6.45) is 0. The maximum Gasteiger partial charge on any atom is 0.337 e. The lowest BCUT2D eigenvalue weighted by atomic mass is 9.78. The summed E-state index contributed by atoms with van der Waals surface area (Å²) in [7, 11) is 1.41. The summed E-state index contributed by atoms with van der Waals surface area (Å²) in [6.45, 7) is 0. The molecule has 4 aromatic rings. The van der Waals surface area contributed by atoms with Crippen LogP contribution in [0.15, 0.2) is 113 Å². The topological polar surface area (TPSA) is 38.3 Å². The maximum absolute atomic E-state index is 12.0. The Morgan fingerprint density at radius 3 is 2.06 bits per heavy atom. The molecular weight excluding hydrogens is 458 g/mol. The second-order valence-electron chi connectivity index (χ2n) is 8.49. The fraction of sp³-hybridized carbons (Fsp3) is 0.138. The molecule has 2 aliphatic rings. The Labute approximate surface area is 207 Å². The molecule has 5 heteroatoms. The molecular formula is C29H23NO2S2. The van der Waals surface area contributed by atoms with Crippen LogP contribution in [0, 0.1) is 0 Å². The van der Waals surface area contributed by atoms with Crippen LogP contribution >= 0.6 is 23.5 Å². The van der Waals surface area contributed by atoms with E-state index in [1.54, 1.807) is 0 Å². The Morgan fingerprint density at radius 2 is 1.38 bits per heavy atom. The van der Waals surface area contributed by atoms with E-state index in [1.807, 2.05) is 35.7 Å². The van der Waals surface area contributed by atoms with Gasteiger partial charge in [0.05, 0.1) is 18.7 Å². The van der Waals surface area contributed by atoms with Crippen molar-refractivity contribution in [1.82, 2.24) is 0 Å². The number of hydrogen-bond donors (Lipinski definition) is 1. The highest BCUT2D eigenvalue weighted by Gasteiger charge is 2.54. The zero-order chi connectivity index (χ0) is 23.1. The molecule has 0 aliphatic carbocycles. The lowest BCUT2D eigenvalue weighted by molar-refractivity contribution is 0.0600. The summed E-state index contributed by atoms with van der Waals surface area (Å²) in [6, 6.07) is 36.0. The predicted octanol–water partition coefficient (Wildman–Crippen LogP) is 7.47. The highest BCUT2D eigenvalue weighted by atomic mass is 32.2. The van der Waals surface area contributed by atoms with E-state index in [9.17, 15) is 4.79 Å². The number of hydrogen-bond acceptors (Lipinski definition) is 5. The Kier molecular flexibility index (Phi) is 5.39. The van der Waals surface area contributed by atoms with Crippen molar-refractivity contribution >= 4 is 35.2 Å². The van der Waals surface area contributed by atoms with E-state index >= 15 is 0 Å². The van der Waals surface area contributed by atoms with Gasteiger partial charge < -0.3 is 10.1 Å². The molecule has 2 aliphatic heterocycles. The van der Waals surface area contributed by atoms with Gasteiger partial charge in [-0.1, -0.05) is 72.8 Å². The highest BCUT2D eigenvalue weighted by molar-refractivity contribution is 8.20. The number of ether oxygens (including phenoxy) is 1. The van der Waals surface area contributed by atoms with Crippen LogP contribution in [0.2, 0.25) is 0 Å². The molecule has 0 aromatic heterocycles. The van der Waals surface area contributed by atoms with Crippen LogP contribution in [-0.4, -0.2) is 13.1 Å². The van der Waals surface area contributed by atoms with Gasteiger partial charge >= 0.3 is 5.97 Å². The highest BCUT2D eigenvalue weighted by Crippen LogP contribution is 2.71. The maximum atomic E-state index is 12.0. The molecule has 0 fully saturated rings. The summed E-state index contributed by atoms with van der Waals surface area (Å²) in [5.41, 5.74) is 5.47. The van der Waals surface area contributed by atoms with Crippen molar-refractivity contribution in [2.24, 2.45) is 0 Å². The summed E-state index contributed by atoms with van der Waals surface area (Å²) in [4.78, 5) is 14.7. The van der Waals surface area contributed by atoms with Crippen molar-refractivity contribution in [1.29, 1.82) is 0 Å². The van der Waals surface area contributed by atoms with E-state index in [0.717, 1.165) is 11.3 Å². The van der Waals surface area contributed by atoms with Crippen LogP contribution < -0.4 is 5.32 Å². The molecule has 1 spiro atoms. The van der Waals surface area contributed by atoms with Crippen molar-refractivity contribution in [2.75, 3.05) is 12.4 Å². The monoisotopic (exact) mass is 481 g/mol. The first-order chi connectivity index (χ1) is 16.7. The number of carbonyl (C=O) groups is 1. The van der Waals surface area contributed by atoms with E-state index < -0.39 is 0 Å². The zero-order valence-electron chi connectivity index (χ0n) is 18.6. The molecule has 0 saturated heterocycles. The lowest BCUT2D eigenvalue weighted by Crippen LogP contribution is -2.38. The van der Waals surface area contributed by atoms with Crippen LogP contribution in [0.1, 0.15) is 39.0 Å². The molecule has 2 heterocycles. The van der Waals surface area contributed by atoms with E-state index in [4.69, 9.17) is 4.74 Å². The molecule has 0 amide bonds. The fourth-order valence-corrected chi connectivity index (χ4v) is 8.66. The summed E-state index contributed by atoms with van der Waals surface area (Å²) >= 11 is 3.93. The molecule has 0 saturated carbocycles. The first-order valence-corrected chi connectivity index (χ1v) is 12.9. The Bertz CT molecular complexity index is 1330. The van der Waals surface area contributed by atoms with Crippen LogP contribution in [0.4, 0.5) is 5.69 Å². The number of benzene rings is 4. The van der Waals surface area contributed by atoms with Crippen molar-refractivity contribution in [3.05, 3.63) is 125 Å². The number of anilines is 1. The number of fused-ring (bicyclic) bond motifs is 3. The second kappa shape index (κ2) is 8.57. The van der Waals surface area contributed by atoms with Crippen molar-refractivity contribution in [3.63, 3.8) is 0 Å². The number of rotatable bonds is 3. The Morgan fingerprint density at radius 1 is 0.765 bits per heavy atom. The average Bonchev–Trinajstić information content (AvgIpc) is 3.28. The van der Waals surface area contributed by atoms with Gasteiger partial charge in [-0.25, -0.2) is 4.79 Å². The minimum absolute atomic E-state index is 0.0262. The SMILES string of the molecule is COC(=O)c1ccc(C2Nc3ccccc3C3(Sc4ccccc4S3)C2c2ccccc2)cc1. The third-order valence-corrected chi connectivity index (χ3v) is 9.91. The summed E-state index contributed by atoms with van der Waals surface area (Å²) in [5.74, 6) is -0.170. The molecule has 0 bridgehead atoms. The largest absolute Gasteiger partial charge is 0.465 e. The Hall–Kier alpha value is -3.15. The van der Waals surface area contributed by atoms with E-state index in [-0.39, 0.29) is 22.0 Å². The molecule has 3 nitrogen and oxygen atoms in total. The van der Waals surface area contributed by atoms with Gasteiger partial charge in [-0.05, 0) is 41.5 Å². The minimum Gasteiger partial charge on any atom is -0.465 e. The quantitative estimate of drug-likeness (QED) is 0.307. The molecule has 34 heavy (non-hydrogen) atoms. The van der Waals surface area contributed by atoms with Gasteiger partial charge in [-0.15, -0.1) is 23.5 Å². The van der Waals surface area contributed by atoms with Crippen LogP contribution in [0.3, 0.4) is 0 Å². The summed E-state index contributed by atoms with van der Waals surface area (Å²) < 4.78 is 4.69. The molecule has 4 aromatic carbocycles. The zero-order valence-corrected chi connectivity index (χ0v) is 20.2. The Balaban J connectivity index is 1.55. The molecule has 1 N–H and O–H groups in total. The number of esters is 1. The van der Waals surface area contributed by atoms with E-state index in [1.165, 1.54) is 28.0 Å². The van der Waals surface area contributed by atoms with Crippen LogP contribution in [0.5, 0.6) is 0 Å². The van der Waals surface area contributed by atoms with Gasteiger partial charge in [0.1, 0.15) is 4.08 Å². The predicted molar refractivity (Wildman–Crippen MR) is 140 cm³/mol. The van der Waals surface area contributed by atoms with Gasteiger partial charge in [-0.3, -0.25) is 0 Å². The number of thioether (sulfide) groups is 2. The number of methoxy groups -OCH3 is 1. The smallest absolute Gasteiger partial charge is 0.337 e. The van der Waals surface area contributed by atoms with Gasteiger partial charge in [-0.2, -0.15) is 0 Å². The average molecular weight is 482 g/mol. The molecule has 168 valence electrons. The van der Waals surface area contributed by atoms with E-state index in [0.29, 0.717) is 5.56 Å². The third-order valence-electron chi connectivity index (χ3n) is 6.58. The van der Waals surface area contributed by atoms with Gasteiger partial charge in [0.15, 0.2) is 0 Å². The van der Waals surface area contributed by atoms with Gasteiger partial charge in [0.25, 0.3) is 0 Å². The fourth-order valence-electron chi connectivity index (χ4n) is 5.05. The first kappa shape index (κ1) is 21.4. The molecule has 2 atom stereocenters. The van der Waals surface area contributed by atoms with Crippen LogP contribution in [-0.2, 0) is 8.82 Å². The number of carbonyl (C=O) groups excluding carboxylic acids is 1. The van der Waals surface area contributed by atoms with Crippen molar-refractivity contribution in [2.45, 2.75) is 25.8 Å². The minimum atomic E-state index is -0.318. The van der Waals surface area contributed by atoms with E-state index in [2.05, 4.69) is 96.3 Å². The molecule has 6 rings (SSSR count). The van der Waals surface area contributed by atoms with Crippen molar-refractivity contribution < 1.29 is 9.53 Å². The second-order valence-corrected chi connectivity index (χ2v) is 11.3. The number of para-hydroxylation sites is 1. The van der Waals surface area contributed by atoms with Crippen molar-refractivity contribution in [3.8, 4) is 0 Å². The lowest BCUT2D eigenvalue weighted by Gasteiger charge is -2.47. The van der Waals surface area contributed by atoms with Gasteiger partial charge in [0, 0.05) is 27.0 Å². The molecule has 2 unspecified atom stereocenters. The normalized spacial score (nSPS) is 19.7. The number of nitrogens with one attached hydrogen (secondary N) is 1. The first-order valence-electron chi connectivity index (χ1n) is 11.3. The molecule has 0 radical (unpaired) electrons. The summed E-state index contributed by atoms with van der Waals surface area (Å²) in [5, 5.41) is 3.86. The third kappa shape index (κ3) is 3.42. The van der Waals surface area contributed by atoms with Crippen LogP contribution in [0.25, 0.3) is 0 Å². The standard InChI is InChI=1S/C29H23NO2S2/c1-32-28(31)21-17-15-20(16-18-21)27-26(19-9-3-2-4-10-19)29(22-11-5-6-12-23(22)30-27)33-24-13-7-8-14-25(24)34-29/h2-18,26-27,30H,1H3. The van der Waals surface area contributed by atoms with Gasteiger partial charge in [0.2, 0.25) is 0 Å².